The summed E-state index contributed by atoms with van der Waals surface area (Å²) in [5.41, 5.74) is 2.52. The number of nitrogens with zero attached hydrogens (tertiary/aromatic N) is 2. The standard InChI is InChI=1S/C10H16F3N3O2/c1-4-5-6(17-3)7-15-8(18-16-7)9(2,14)10(11,12)13/h6H,4-5,14H2,1-3H3. The fraction of sp³-hybridized carbons (Fsp3) is 0.800. The molecule has 2 N–H and O–H groups in total. The minimum atomic E-state index is -4.66. The largest absolute Gasteiger partial charge is 0.415 e. The van der Waals surface area contributed by atoms with E-state index in [0.29, 0.717) is 6.42 Å². The van der Waals surface area contributed by atoms with Gasteiger partial charge in [-0.25, -0.2) is 0 Å². The third-order valence-electron chi connectivity index (χ3n) is 2.60. The fourth-order valence-electron chi connectivity index (χ4n) is 1.31. The van der Waals surface area contributed by atoms with Gasteiger partial charge in [0.05, 0.1) is 0 Å². The Balaban J connectivity index is 2.99. The van der Waals surface area contributed by atoms with Crippen LogP contribution in [-0.2, 0) is 10.3 Å². The first-order valence-electron chi connectivity index (χ1n) is 5.46. The predicted molar refractivity (Wildman–Crippen MR) is 56.6 cm³/mol. The zero-order valence-electron chi connectivity index (χ0n) is 10.4. The van der Waals surface area contributed by atoms with Crippen molar-refractivity contribution in [1.29, 1.82) is 0 Å². The Morgan fingerprint density at radius 2 is 2.06 bits per heavy atom. The van der Waals surface area contributed by atoms with Crippen molar-refractivity contribution < 1.29 is 22.4 Å². The molecule has 0 aliphatic heterocycles. The zero-order valence-corrected chi connectivity index (χ0v) is 10.4. The van der Waals surface area contributed by atoms with Gasteiger partial charge in [0.25, 0.3) is 5.89 Å². The second-order valence-corrected chi connectivity index (χ2v) is 4.17. The number of alkyl halides is 3. The molecule has 1 aromatic rings. The van der Waals surface area contributed by atoms with Crippen LogP contribution in [0.5, 0.6) is 0 Å². The lowest BCUT2D eigenvalue weighted by molar-refractivity contribution is -0.190. The van der Waals surface area contributed by atoms with Crippen molar-refractivity contribution in [2.24, 2.45) is 5.73 Å². The maximum atomic E-state index is 12.7. The highest BCUT2D eigenvalue weighted by molar-refractivity contribution is 5.05. The molecule has 0 bridgehead atoms. The molecule has 104 valence electrons. The van der Waals surface area contributed by atoms with E-state index in [0.717, 1.165) is 13.3 Å². The molecule has 8 heteroatoms. The molecule has 5 nitrogen and oxygen atoms in total. The van der Waals surface area contributed by atoms with Gasteiger partial charge in [-0.1, -0.05) is 18.5 Å². The maximum Gasteiger partial charge on any atom is 0.415 e. The second-order valence-electron chi connectivity index (χ2n) is 4.17. The number of rotatable bonds is 5. The third kappa shape index (κ3) is 2.81. The van der Waals surface area contributed by atoms with E-state index in [-0.39, 0.29) is 5.82 Å². The highest BCUT2D eigenvalue weighted by atomic mass is 19.4. The molecule has 0 fully saturated rings. The van der Waals surface area contributed by atoms with E-state index in [9.17, 15) is 13.2 Å². The van der Waals surface area contributed by atoms with Gasteiger partial charge in [-0.2, -0.15) is 18.2 Å². The summed E-state index contributed by atoms with van der Waals surface area (Å²) in [6, 6.07) is 0. The Hall–Kier alpha value is -1.15. The molecule has 0 aliphatic rings. The minimum absolute atomic E-state index is 0.0790. The van der Waals surface area contributed by atoms with Crippen LogP contribution >= 0.6 is 0 Å². The molecule has 1 heterocycles. The van der Waals surface area contributed by atoms with Crippen LogP contribution in [0.2, 0.25) is 0 Å². The lowest BCUT2D eigenvalue weighted by atomic mass is 10.0. The molecule has 0 saturated heterocycles. The predicted octanol–water partition coefficient (Wildman–Crippen LogP) is 2.29. The van der Waals surface area contributed by atoms with Gasteiger partial charge in [0.15, 0.2) is 5.54 Å². The van der Waals surface area contributed by atoms with Crippen molar-refractivity contribution in [2.45, 2.75) is 44.5 Å². The van der Waals surface area contributed by atoms with Crippen molar-refractivity contribution >= 4 is 0 Å². The Bertz CT molecular complexity index is 390. The van der Waals surface area contributed by atoms with Gasteiger partial charge in [-0.15, -0.1) is 0 Å². The quantitative estimate of drug-likeness (QED) is 0.886. The van der Waals surface area contributed by atoms with E-state index in [1.54, 1.807) is 0 Å². The Morgan fingerprint density at radius 1 is 1.44 bits per heavy atom. The summed E-state index contributed by atoms with van der Waals surface area (Å²) in [5.74, 6) is -0.585. The van der Waals surface area contributed by atoms with Crippen LogP contribution in [0.25, 0.3) is 0 Å². The SMILES string of the molecule is CCCC(OC)c1noc(C(C)(N)C(F)(F)F)n1. The Kier molecular flexibility index (Phi) is 4.33. The summed E-state index contributed by atoms with van der Waals surface area (Å²) in [7, 11) is 1.43. The lowest BCUT2D eigenvalue weighted by Gasteiger charge is -2.22. The van der Waals surface area contributed by atoms with Crippen molar-refractivity contribution in [3.05, 3.63) is 11.7 Å². The van der Waals surface area contributed by atoms with E-state index in [4.69, 9.17) is 10.5 Å². The zero-order chi connectivity index (χ0) is 14.0. The molecule has 0 aromatic carbocycles. The van der Waals surface area contributed by atoms with Crippen LogP contribution in [0.3, 0.4) is 0 Å². The summed E-state index contributed by atoms with van der Waals surface area (Å²) in [6.07, 6.45) is -3.79. The molecule has 1 rings (SSSR count). The van der Waals surface area contributed by atoms with E-state index >= 15 is 0 Å². The summed E-state index contributed by atoms with van der Waals surface area (Å²) in [4.78, 5) is 3.69. The van der Waals surface area contributed by atoms with Crippen LogP contribution in [0, 0.1) is 0 Å². The smallest absolute Gasteiger partial charge is 0.373 e. The average molecular weight is 267 g/mol. The fourth-order valence-corrected chi connectivity index (χ4v) is 1.31. The highest BCUT2D eigenvalue weighted by Gasteiger charge is 2.53. The maximum absolute atomic E-state index is 12.7. The van der Waals surface area contributed by atoms with Crippen molar-refractivity contribution in [2.75, 3.05) is 7.11 Å². The molecule has 1 aromatic heterocycles. The van der Waals surface area contributed by atoms with E-state index in [1.165, 1.54) is 7.11 Å². The van der Waals surface area contributed by atoms with Gasteiger partial charge in [0.1, 0.15) is 6.10 Å². The first kappa shape index (κ1) is 14.9. The molecular formula is C10H16F3N3O2. The second kappa shape index (κ2) is 5.23. The monoisotopic (exact) mass is 267 g/mol. The number of aromatic nitrogens is 2. The summed E-state index contributed by atoms with van der Waals surface area (Å²) < 4.78 is 47.7. The molecular weight excluding hydrogens is 251 g/mol. The third-order valence-corrected chi connectivity index (χ3v) is 2.60. The minimum Gasteiger partial charge on any atom is -0.373 e. The molecule has 0 amide bonds. The van der Waals surface area contributed by atoms with E-state index < -0.39 is 23.7 Å². The molecule has 0 spiro atoms. The first-order chi connectivity index (χ1) is 8.24. The number of methoxy groups -OCH3 is 1. The number of ether oxygens (including phenoxy) is 1. The normalized spacial score (nSPS) is 17.5. The van der Waals surface area contributed by atoms with Crippen molar-refractivity contribution in [3.63, 3.8) is 0 Å². The van der Waals surface area contributed by atoms with Gasteiger partial charge in [-0.05, 0) is 13.3 Å². The van der Waals surface area contributed by atoms with Crippen LogP contribution in [0.15, 0.2) is 4.52 Å². The molecule has 0 saturated carbocycles. The molecule has 2 unspecified atom stereocenters. The number of hydrogen-bond donors (Lipinski definition) is 1. The number of nitrogens with two attached hydrogens (primary N) is 1. The molecule has 0 aliphatic carbocycles. The molecule has 18 heavy (non-hydrogen) atoms. The number of hydrogen-bond acceptors (Lipinski definition) is 5. The number of halogens is 3. The van der Waals surface area contributed by atoms with Gasteiger partial charge >= 0.3 is 6.18 Å². The van der Waals surface area contributed by atoms with Crippen LogP contribution in [0.1, 0.15) is 44.5 Å². The average Bonchev–Trinajstić information content (AvgIpc) is 2.73. The van der Waals surface area contributed by atoms with Gasteiger partial charge in [0, 0.05) is 7.11 Å². The summed E-state index contributed by atoms with van der Waals surface area (Å²) in [6.45, 7) is 2.70. The van der Waals surface area contributed by atoms with Crippen molar-refractivity contribution in [1.82, 2.24) is 10.1 Å². The lowest BCUT2D eigenvalue weighted by Crippen LogP contribution is -2.48. The summed E-state index contributed by atoms with van der Waals surface area (Å²) >= 11 is 0. The summed E-state index contributed by atoms with van der Waals surface area (Å²) in [5, 5.41) is 3.49. The van der Waals surface area contributed by atoms with Gasteiger partial charge < -0.3 is 15.0 Å². The Morgan fingerprint density at radius 3 is 2.50 bits per heavy atom. The van der Waals surface area contributed by atoms with Crippen LogP contribution in [0.4, 0.5) is 13.2 Å². The van der Waals surface area contributed by atoms with Crippen LogP contribution in [-0.4, -0.2) is 23.4 Å². The molecule has 2 atom stereocenters. The van der Waals surface area contributed by atoms with Gasteiger partial charge in [-0.3, -0.25) is 0 Å². The van der Waals surface area contributed by atoms with E-state index in [1.807, 2.05) is 6.92 Å². The van der Waals surface area contributed by atoms with Gasteiger partial charge in [0.2, 0.25) is 5.82 Å². The van der Waals surface area contributed by atoms with Crippen LogP contribution < -0.4 is 5.73 Å². The van der Waals surface area contributed by atoms with E-state index in [2.05, 4.69) is 14.7 Å². The first-order valence-corrected chi connectivity index (χ1v) is 5.46. The van der Waals surface area contributed by atoms with Crippen molar-refractivity contribution in [3.8, 4) is 0 Å². The topological polar surface area (TPSA) is 74.2 Å². The highest BCUT2D eigenvalue weighted by Crippen LogP contribution is 2.36. The Labute approximate surface area is 102 Å². The molecule has 0 radical (unpaired) electrons.